The van der Waals surface area contributed by atoms with Gasteiger partial charge in [-0.05, 0) is 30.6 Å². The minimum absolute atomic E-state index is 0. The Balaban J connectivity index is 0.000001000. The zero-order valence-corrected chi connectivity index (χ0v) is 8.53. The predicted octanol–water partition coefficient (Wildman–Crippen LogP) is 2.44. The molecule has 0 unspecified atom stereocenters. The molecule has 2 N–H and O–H groups in total. The van der Waals surface area contributed by atoms with E-state index in [0.29, 0.717) is 6.04 Å². The van der Waals surface area contributed by atoms with Crippen LogP contribution in [0, 0.1) is 17.8 Å². The summed E-state index contributed by atoms with van der Waals surface area (Å²) in [5.74, 6) is 2.36. The summed E-state index contributed by atoms with van der Waals surface area (Å²) >= 11 is 0. The van der Waals surface area contributed by atoms with Crippen LogP contribution in [0.25, 0.3) is 0 Å². The Labute approximate surface area is 76.1 Å². The SMILES string of the molecule is C[C@H]1C[C@@H](C)[C@@H](N)[C@@H](C)C1.Cl. The molecule has 2 heteroatoms. The van der Waals surface area contributed by atoms with Crippen LogP contribution in [0.2, 0.25) is 0 Å². The second kappa shape index (κ2) is 4.32. The van der Waals surface area contributed by atoms with E-state index in [0.717, 1.165) is 17.8 Å². The third-order valence-electron chi connectivity index (χ3n) is 2.86. The van der Waals surface area contributed by atoms with E-state index in [1.807, 2.05) is 0 Å². The highest BCUT2D eigenvalue weighted by molar-refractivity contribution is 5.85. The Morgan fingerprint density at radius 3 is 1.73 bits per heavy atom. The highest BCUT2D eigenvalue weighted by Crippen LogP contribution is 2.31. The second-order valence-electron chi connectivity index (χ2n) is 4.11. The van der Waals surface area contributed by atoms with Gasteiger partial charge in [-0.1, -0.05) is 20.8 Å². The summed E-state index contributed by atoms with van der Waals surface area (Å²) in [6, 6.07) is 0.455. The molecule has 4 atom stereocenters. The zero-order chi connectivity index (χ0) is 7.72. The fourth-order valence-corrected chi connectivity index (χ4v) is 2.24. The van der Waals surface area contributed by atoms with Crippen LogP contribution in [0.1, 0.15) is 33.6 Å². The maximum absolute atomic E-state index is 5.98. The van der Waals surface area contributed by atoms with E-state index in [-0.39, 0.29) is 12.4 Å². The lowest BCUT2D eigenvalue weighted by Crippen LogP contribution is -2.40. The quantitative estimate of drug-likeness (QED) is 0.605. The van der Waals surface area contributed by atoms with Crippen molar-refractivity contribution in [2.24, 2.45) is 23.5 Å². The van der Waals surface area contributed by atoms with E-state index < -0.39 is 0 Å². The molecular formula is C9H20ClN. The smallest absolute Gasteiger partial charge is 0.00905 e. The first-order valence-corrected chi connectivity index (χ1v) is 4.37. The molecule has 1 aliphatic rings. The van der Waals surface area contributed by atoms with Crippen LogP contribution in [0.5, 0.6) is 0 Å². The first-order valence-electron chi connectivity index (χ1n) is 4.37. The van der Waals surface area contributed by atoms with E-state index in [1.54, 1.807) is 0 Å². The van der Waals surface area contributed by atoms with Gasteiger partial charge in [0.2, 0.25) is 0 Å². The normalized spacial score (nSPS) is 44.7. The summed E-state index contributed by atoms with van der Waals surface area (Å²) in [6.07, 6.45) is 2.65. The largest absolute Gasteiger partial charge is 0.327 e. The van der Waals surface area contributed by atoms with Gasteiger partial charge in [0.05, 0.1) is 0 Å². The highest BCUT2D eigenvalue weighted by atomic mass is 35.5. The molecule has 11 heavy (non-hydrogen) atoms. The molecule has 0 aromatic rings. The van der Waals surface area contributed by atoms with Gasteiger partial charge in [0.25, 0.3) is 0 Å². The fraction of sp³-hybridized carbons (Fsp3) is 1.00. The predicted molar refractivity (Wildman–Crippen MR) is 51.9 cm³/mol. The van der Waals surface area contributed by atoms with Crippen LogP contribution >= 0.6 is 12.4 Å². The van der Waals surface area contributed by atoms with Crippen LogP contribution in [0.3, 0.4) is 0 Å². The topological polar surface area (TPSA) is 26.0 Å². The number of nitrogens with two attached hydrogens (primary N) is 1. The molecular weight excluding hydrogens is 158 g/mol. The monoisotopic (exact) mass is 177 g/mol. The number of rotatable bonds is 0. The lowest BCUT2D eigenvalue weighted by atomic mass is 9.74. The van der Waals surface area contributed by atoms with Gasteiger partial charge in [-0.15, -0.1) is 12.4 Å². The van der Waals surface area contributed by atoms with Crippen molar-refractivity contribution in [3.63, 3.8) is 0 Å². The molecule has 1 aliphatic carbocycles. The maximum Gasteiger partial charge on any atom is 0.00905 e. The van der Waals surface area contributed by atoms with Crippen molar-refractivity contribution >= 4 is 12.4 Å². The summed E-state index contributed by atoms with van der Waals surface area (Å²) in [5.41, 5.74) is 5.98. The third-order valence-corrected chi connectivity index (χ3v) is 2.86. The van der Waals surface area contributed by atoms with Crippen LogP contribution in [0.15, 0.2) is 0 Å². The van der Waals surface area contributed by atoms with E-state index in [4.69, 9.17) is 5.73 Å². The van der Waals surface area contributed by atoms with Crippen molar-refractivity contribution in [3.8, 4) is 0 Å². The standard InChI is InChI=1S/C9H19N.ClH/c1-6-4-7(2)9(10)8(3)5-6;/h6-9H,4-5,10H2,1-3H3;1H/t6-,7+,8-,9+;. The molecule has 0 amide bonds. The van der Waals surface area contributed by atoms with Crippen LogP contribution in [0.4, 0.5) is 0 Å². The summed E-state index contributed by atoms with van der Waals surface area (Å²) in [4.78, 5) is 0. The van der Waals surface area contributed by atoms with Crippen molar-refractivity contribution in [2.75, 3.05) is 0 Å². The molecule has 0 bridgehead atoms. The Kier molecular flexibility index (Phi) is 4.42. The van der Waals surface area contributed by atoms with Crippen molar-refractivity contribution < 1.29 is 0 Å². The highest BCUT2D eigenvalue weighted by Gasteiger charge is 2.27. The Morgan fingerprint density at radius 2 is 1.36 bits per heavy atom. The third kappa shape index (κ3) is 2.64. The summed E-state index contributed by atoms with van der Waals surface area (Å²) in [7, 11) is 0. The Bertz CT molecular complexity index is 104. The maximum atomic E-state index is 5.98. The summed E-state index contributed by atoms with van der Waals surface area (Å²) in [6.45, 7) is 6.88. The van der Waals surface area contributed by atoms with Crippen molar-refractivity contribution in [1.29, 1.82) is 0 Å². The van der Waals surface area contributed by atoms with Gasteiger partial charge in [-0.2, -0.15) is 0 Å². The average molecular weight is 178 g/mol. The molecule has 0 aromatic heterocycles. The van der Waals surface area contributed by atoms with Gasteiger partial charge in [0, 0.05) is 6.04 Å². The minimum Gasteiger partial charge on any atom is -0.327 e. The van der Waals surface area contributed by atoms with Gasteiger partial charge in [-0.3, -0.25) is 0 Å². The van der Waals surface area contributed by atoms with Gasteiger partial charge in [0.1, 0.15) is 0 Å². The molecule has 0 aliphatic heterocycles. The van der Waals surface area contributed by atoms with Gasteiger partial charge < -0.3 is 5.73 Å². The summed E-state index contributed by atoms with van der Waals surface area (Å²) in [5, 5.41) is 0. The lowest BCUT2D eigenvalue weighted by molar-refractivity contribution is 0.195. The first kappa shape index (κ1) is 11.2. The van der Waals surface area contributed by atoms with E-state index >= 15 is 0 Å². The molecule has 1 fully saturated rings. The molecule has 0 saturated heterocycles. The first-order chi connectivity index (χ1) is 4.61. The molecule has 68 valence electrons. The van der Waals surface area contributed by atoms with Crippen LogP contribution < -0.4 is 5.73 Å². The van der Waals surface area contributed by atoms with Gasteiger partial charge in [0.15, 0.2) is 0 Å². The molecule has 1 saturated carbocycles. The van der Waals surface area contributed by atoms with Gasteiger partial charge in [-0.25, -0.2) is 0 Å². The zero-order valence-electron chi connectivity index (χ0n) is 7.71. The lowest BCUT2D eigenvalue weighted by Gasteiger charge is -2.35. The molecule has 0 spiro atoms. The van der Waals surface area contributed by atoms with Crippen molar-refractivity contribution in [2.45, 2.75) is 39.7 Å². The van der Waals surface area contributed by atoms with Crippen molar-refractivity contribution in [3.05, 3.63) is 0 Å². The van der Waals surface area contributed by atoms with Crippen LogP contribution in [-0.4, -0.2) is 6.04 Å². The minimum atomic E-state index is 0. The van der Waals surface area contributed by atoms with E-state index in [2.05, 4.69) is 20.8 Å². The van der Waals surface area contributed by atoms with E-state index in [1.165, 1.54) is 12.8 Å². The molecule has 1 nitrogen and oxygen atoms in total. The Hall–Kier alpha value is 0.250. The Morgan fingerprint density at radius 1 is 1.00 bits per heavy atom. The number of hydrogen-bond acceptors (Lipinski definition) is 1. The van der Waals surface area contributed by atoms with Crippen LogP contribution in [-0.2, 0) is 0 Å². The second-order valence-corrected chi connectivity index (χ2v) is 4.11. The summed E-state index contributed by atoms with van der Waals surface area (Å²) < 4.78 is 0. The molecule has 0 heterocycles. The molecule has 1 rings (SSSR count). The van der Waals surface area contributed by atoms with Crippen molar-refractivity contribution in [1.82, 2.24) is 0 Å². The number of hydrogen-bond donors (Lipinski definition) is 1. The average Bonchev–Trinajstić information content (AvgIpc) is 1.82. The molecule has 0 aromatic carbocycles. The van der Waals surface area contributed by atoms with E-state index in [9.17, 15) is 0 Å². The van der Waals surface area contributed by atoms with Gasteiger partial charge >= 0.3 is 0 Å². The molecule has 0 radical (unpaired) electrons. The fourth-order valence-electron chi connectivity index (χ4n) is 2.24. The number of halogens is 1.